The lowest BCUT2D eigenvalue weighted by Crippen LogP contribution is -2.26. The molecule has 0 bridgehead atoms. The summed E-state index contributed by atoms with van der Waals surface area (Å²) < 4.78 is 13.7. The van der Waals surface area contributed by atoms with E-state index in [1.807, 2.05) is 18.2 Å². The molecule has 3 N–H and O–H groups in total. The normalized spacial score (nSPS) is 10.5. The average Bonchev–Trinajstić information content (AvgIpc) is 3.28. The molecule has 2 aromatic carbocycles. The lowest BCUT2D eigenvalue weighted by Gasteiger charge is -2.11. The Balaban J connectivity index is 1.97. The molecular formula is C28H23FN2O3S. The van der Waals surface area contributed by atoms with Gasteiger partial charge in [-0.1, -0.05) is 36.1 Å². The second-order valence-corrected chi connectivity index (χ2v) is 8.61. The van der Waals surface area contributed by atoms with Crippen molar-refractivity contribution in [3.05, 3.63) is 89.3 Å². The molecule has 4 aromatic rings. The summed E-state index contributed by atoms with van der Waals surface area (Å²) in [6, 6.07) is 17.4. The van der Waals surface area contributed by atoms with Gasteiger partial charge >= 0.3 is 0 Å². The third kappa shape index (κ3) is 5.64. The Morgan fingerprint density at radius 2 is 1.71 bits per heavy atom. The van der Waals surface area contributed by atoms with E-state index >= 15 is 0 Å². The predicted octanol–water partition coefficient (Wildman–Crippen LogP) is 4.74. The van der Waals surface area contributed by atoms with Crippen LogP contribution < -0.4 is 5.32 Å². The molecule has 0 spiro atoms. The number of aliphatic hydroxyl groups is 2. The summed E-state index contributed by atoms with van der Waals surface area (Å²) in [5, 5.41) is 21.0. The number of amides is 1. The van der Waals surface area contributed by atoms with Crippen molar-refractivity contribution in [3.8, 4) is 44.5 Å². The SMILES string of the molecule is O=C(NCCO)c1cccc(-c2c(C#CCCO)sc(-c3ccc(F)cc3)c2-c2ccncc2)c1. The van der Waals surface area contributed by atoms with Crippen molar-refractivity contribution in [2.45, 2.75) is 6.42 Å². The second-order valence-electron chi connectivity index (χ2n) is 7.59. The Morgan fingerprint density at radius 3 is 2.43 bits per heavy atom. The number of halogens is 1. The highest BCUT2D eigenvalue weighted by Gasteiger charge is 2.22. The fourth-order valence-corrected chi connectivity index (χ4v) is 4.90. The van der Waals surface area contributed by atoms with Crippen molar-refractivity contribution in [2.24, 2.45) is 0 Å². The van der Waals surface area contributed by atoms with Gasteiger partial charge in [0.2, 0.25) is 0 Å². The summed E-state index contributed by atoms with van der Waals surface area (Å²) in [5.74, 6) is 5.60. The van der Waals surface area contributed by atoms with E-state index in [2.05, 4.69) is 22.1 Å². The molecule has 2 heterocycles. The number of hydrogen-bond acceptors (Lipinski definition) is 5. The van der Waals surface area contributed by atoms with Gasteiger partial charge in [0.1, 0.15) is 5.82 Å². The van der Waals surface area contributed by atoms with Crippen LogP contribution in [0.5, 0.6) is 0 Å². The molecule has 0 atom stereocenters. The van der Waals surface area contributed by atoms with Crippen LogP contribution >= 0.6 is 11.3 Å². The highest BCUT2D eigenvalue weighted by atomic mass is 32.1. The highest BCUT2D eigenvalue weighted by Crippen LogP contribution is 2.47. The number of nitrogens with zero attached hydrogens (tertiary/aromatic N) is 1. The van der Waals surface area contributed by atoms with Crippen LogP contribution in [0.2, 0.25) is 0 Å². The first kappa shape index (κ1) is 24.3. The van der Waals surface area contributed by atoms with E-state index in [0.717, 1.165) is 37.6 Å². The molecule has 4 rings (SSSR count). The lowest BCUT2D eigenvalue weighted by molar-refractivity contribution is 0.0945. The minimum Gasteiger partial charge on any atom is -0.395 e. The van der Waals surface area contributed by atoms with Crippen molar-refractivity contribution < 1.29 is 19.4 Å². The number of carbonyl (C=O) groups is 1. The maximum atomic E-state index is 13.7. The van der Waals surface area contributed by atoms with E-state index < -0.39 is 0 Å². The Kier molecular flexibility index (Phi) is 8.01. The smallest absolute Gasteiger partial charge is 0.251 e. The molecule has 0 aliphatic carbocycles. The van der Waals surface area contributed by atoms with Gasteiger partial charge in [0.05, 0.1) is 18.1 Å². The van der Waals surface area contributed by atoms with Crippen molar-refractivity contribution in [1.82, 2.24) is 10.3 Å². The van der Waals surface area contributed by atoms with Gasteiger partial charge in [-0.05, 0) is 53.1 Å². The minimum absolute atomic E-state index is 0.0454. The molecule has 0 saturated heterocycles. The number of nitrogens with one attached hydrogen (secondary N) is 1. The molecule has 2 aromatic heterocycles. The van der Waals surface area contributed by atoms with Crippen LogP contribution in [0.15, 0.2) is 73.1 Å². The third-order valence-electron chi connectivity index (χ3n) is 5.23. The van der Waals surface area contributed by atoms with Crippen molar-refractivity contribution in [3.63, 3.8) is 0 Å². The molecule has 1 amide bonds. The fraction of sp³-hybridized carbons (Fsp3) is 0.143. The van der Waals surface area contributed by atoms with E-state index in [0.29, 0.717) is 12.0 Å². The number of aromatic nitrogens is 1. The summed E-state index contributed by atoms with van der Waals surface area (Å²) in [7, 11) is 0. The number of thiophene rings is 1. The molecule has 0 saturated carbocycles. The van der Waals surface area contributed by atoms with Gasteiger partial charge in [-0.2, -0.15) is 0 Å². The van der Waals surface area contributed by atoms with E-state index in [-0.39, 0.29) is 31.5 Å². The van der Waals surface area contributed by atoms with Crippen LogP contribution in [0, 0.1) is 17.7 Å². The molecular weight excluding hydrogens is 463 g/mol. The number of benzene rings is 2. The van der Waals surface area contributed by atoms with Gasteiger partial charge in [-0.15, -0.1) is 11.3 Å². The fourth-order valence-electron chi connectivity index (χ4n) is 3.68. The van der Waals surface area contributed by atoms with Gasteiger partial charge in [-0.25, -0.2) is 4.39 Å². The molecule has 5 nitrogen and oxygen atoms in total. The van der Waals surface area contributed by atoms with Crippen LogP contribution in [0.4, 0.5) is 4.39 Å². The van der Waals surface area contributed by atoms with Crippen LogP contribution in [0.1, 0.15) is 21.7 Å². The van der Waals surface area contributed by atoms with Crippen LogP contribution in [-0.4, -0.2) is 40.9 Å². The van der Waals surface area contributed by atoms with Crippen molar-refractivity contribution >= 4 is 17.2 Å². The van der Waals surface area contributed by atoms with E-state index in [4.69, 9.17) is 5.11 Å². The highest BCUT2D eigenvalue weighted by molar-refractivity contribution is 7.17. The average molecular weight is 487 g/mol. The summed E-state index contributed by atoms with van der Waals surface area (Å²) in [6.07, 6.45) is 3.75. The molecule has 176 valence electrons. The summed E-state index contributed by atoms with van der Waals surface area (Å²) in [5.41, 5.74) is 4.77. The Morgan fingerprint density at radius 1 is 0.943 bits per heavy atom. The summed E-state index contributed by atoms with van der Waals surface area (Å²) in [4.78, 5) is 18.4. The monoisotopic (exact) mass is 486 g/mol. The molecule has 0 aliphatic rings. The molecule has 0 radical (unpaired) electrons. The first-order valence-corrected chi connectivity index (χ1v) is 11.9. The van der Waals surface area contributed by atoms with E-state index in [1.165, 1.54) is 23.5 Å². The quantitative estimate of drug-likeness (QED) is 0.330. The predicted molar refractivity (Wildman–Crippen MR) is 136 cm³/mol. The summed E-state index contributed by atoms with van der Waals surface area (Å²) in [6.45, 7) is -0.0274. The first-order valence-electron chi connectivity index (χ1n) is 11.0. The zero-order valence-electron chi connectivity index (χ0n) is 18.8. The molecule has 35 heavy (non-hydrogen) atoms. The number of carbonyl (C=O) groups excluding carboxylic acids is 1. The third-order valence-corrected chi connectivity index (χ3v) is 6.39. The Hall–Kier alpha value is -3.83. The summed E-state index contributed by atoms with van der Waals surface area (Å²) >= 11 is 1.48. The van der Waals surface area contributed by atoms with Crippen molar-refractivity contribution in [2.75, 3.05) is 19.8 Å². The first-order chi connectivity index (χ1) is 17.1. The van der Waals surface area contributed by atoms with Gasteiger partial charge in [0.25, 0.3) is 5.91 Å². The van der Waals surface area contributed by atoms with E-state index in [1.54, 1.807) is 42.7 Å². The van der Waals surface area contributed by atoms with Gasteiger partial charge < -0.3 is 15.5 Å². The Labute approximate surface area is 206 Å². The van der Waals surface area contributed by atoms with Gasteiger partial charge in [0, 0.05) is 46.9 Å². The molecule has 0 fully saturated rings. The maximum Gasteiger partial charge on any atom is 0.251 e. The van der Waals surface area contributed by atoms with Crippen LogP contribution in [0.25, 0.3) is 32.7 Å². The topological polar surface area (TPSA) is 82.5 Å². The number of aliphatic hydroxyl groups excluding tert-OH is 2. The van der Waals surface area contributed by atoms with Gasteiger partial charge in [-0.3, -0.25) is 9.78 Å². The zero-order chi connectivity index (χ0) is 24.6. The standard InChI is InChI=1S/C28H23FN2O3S/c29-23-9-7-20(8-10-23)27-26(19-11-13-30-14-12-19)25(24(35-27)6-1-2-16-32)21-4-3-5-22(18-21)28(34)31-15-17-33/h3-5,7-14,18,32-33H,2,15-17H2,(H,31,34). The lowest BCUT2D eigenvalue weighted by atomic mass is 9.92. The molecule has 7 heteroatoms. The van der Waals surface area contributed by atoms with Crippen LogP contribution in [-0.2, 0) is 0 Å². The largest absolute Gasteiger partial charge is 0.395 e. The van der Waals surface area contributed by atoms with Crippen LogP contribution in [0.3, 0.4) is 0 Å². The Bertz CT molecular complexity index is 1370. The molecule has 0 aliphatic heterocycles. The van der Waals surface area contributed by atoms with E-state index in [9.17, 15) is 14.3 Å². The zero-order valence-corrected chi connectivity index (χ0v) is 19.6. The number of rotatable bonds is 7. The number of hydrogen-bond donors (Lipinski definition) is 3. The molecule has 0 unspecified atom stereocenters. The minimum atomic E-state index is -0.319. The second kappa shape index (κ2) is 11.5. The number of pyridine rings is 1. The maximum absolute atomic E-state index is 13.7. The van der Waals surface area contributed by atoms with Gasteiger partial charge in [0.15, 0.2) is 0 Å². The van der Waals surface area contributed by atoms with Crippen molar-refractivity contribution in [1.29, 1.82) is 0 Å².